The Kier molecular flexibility index (Phi) is 4.09. The van der Waals surface area contributed by atoms with Crippen molar-refractivity contribution in [3.63, 3.8) is 0 Å². The highest BCUT2D eigenvalue weighted by Crippen LogP contribution is 2.20. The highest BCUT2D eigenvalue weighted by atomic mass is 32.2. The maximum atomic E-state index is 12.4. The number of aliphatic hydroxyl groups is 1. The largest absolute Gasteiger partial charge is 0.390 e. The van der Waals surface area contributed by atoms with Crippen molar-refractivity contribution in [3.8, 4) is 0 Å². The van der Waals surface area contributed by atoms with Gasteiger partial charge in [-0.15, -0.1) is 0 Å². The lowest BCUT2D eigenvalue weighted by atomic mass is 10.2. The van der Waals surface area contributed by atoms with E-state index in [4.69, 9.17) is 5.73 Å². The first-order valence-corrected chi connectivity index (χ1v) is 7.54. The number of hydrogen-bond donors (Lipinski definition) is 3. The summed E-state index contributed by atoms with van der Waals surface area (Å²) < 4.78 is 26.0. The molecule has 0 aromatic heterocycles. The summed E-state index contributed by atoms with van der Waals surface area (Å²) in [4.78, 5) is 11.0. The third-order valence-corrected chi connectivity index (χ3v) is 5.33. The van der Waals surface area contributed by atoms with Gasteiger partial charge in [0.2, 0.25) is 15.9 Å². The number of rotatable bonds is 4. The minimum atomic E-state index is -3.72. The number of sulfonamides is 1. The lowest BCUT2D eigenvalue weighted by Crippen LogP contribution is -2.44. The molecule has 1 aromatic carbocycles. The Morgan fingerprint density at radius 2 is 1.95 bits per heavy atom. The number of nitrogens with two attached hydrogens (primary N) is 1. The van der Waals surface area contributed by atoms with Crippen molar-refractivity contribution in [1.82, 2.24) is 9.62 Å². The molecule has 1 saturated heterocycles. The molecule has 1 heterocycles. The molecule has 2 atom stereocenters. The van der Waals surface area contributed by atoms with Crippen LogP contribution in [0.4, 0.5) is 0 Å². The zero-order valence-corrected chi connectivity index (χ0v) is 11.8. The number of aliphatic hydroxyl groups excluding tert-OH is 1. The van der Waals surface area contributed by atoms with Crippen molar-refractivity contribution in [2.45, 2.75) is 17.0 Å². The van der Waals surface area contributed by atoms with Gasteiger partial charge in [0.15, 0.2) is 0 Å². The molecule has 0 radical (unpaired) electrons. The standard InChI is InChI=1S/C12H17N3O4S/c1-15(10-6-14-7-11(10)16)20(18,19)9-4-2-8(3-5-9)12(13)17/h2-5,10-11,14,16H,6-7H2,1H3,(H2,13,17)/t10-,11-/m0/s1. The Morgan fingerprint density at radius 1 is 1.35 bits per heavy atom. The van der Waals surface area contributed by atoms with Crippen LogP contribution in [-0.4, -0.2) is 56.0 Å². The average Bonchev–Trinajstić information content (AvgIpc) is 2.84. The molecular weight excluding hydrogens is 282 g/mol. The van der Waals surface area contributed by atoms with E-state index in [9.17, 15) is 18.3 Å². The second kappa shape index (κ2) is 5.49. The number of nitrogens with one attached hydrogen (secondary N) is 1. The molecular formula is C12H17N3O4S. The topological polar surface area (TPSA) is 113 Å². The second-order valence-corrected chi connectivity index (χ2v) is 6.70. The van der Waals surface area contributed by atoms with Crippen LogP contribution in [0.15, 0.2) is 29.2 Å². The summed E-state index contributed by atoms with van der Waals surface area (Å²) in [5.74, 6) is -0.613. The van der Waals surface area contributed by atoms with Crippen LogP contribution in [0.2, 0.25) is 0 Å². The van der Waals surface area contributed by atoms with Crippen molar-refractivity contribution in [1.29, 1.82) is 0 Å². The van der Waals surface area contributed by atoms with E-state index in [2.05, 4.69) is 5.32 Å². The van der Waals surface area contributed by atoms with E-state index >= 15 is 0 Å². The average molecular weight is 299 g/mol. The zero-order chi connectivity index (χ0) is 14.9. The predicted octanol–water partition coefficient (Wildman–Crippen LogP) is -1.26. The molecule has 1 aliphatic heterocycles. The number of β-amino-alcohol motifs (C(OH)–C–C–N with tert-alkyl or cyclic N) is 1. The molecule has 0 aliphatic carbocycles. The van der Waals surface area contributed by atoms with Crippen LogP contribution < -0.4 is 11.1 Å². The fraction of sp³-hybridized carbons (Fsp3) is 0.417. The molecule has 1 amide bonds. The molecule has 8 heteroatoms. The number of primary amides is 1. The van der Waals surface area contributed by atoms with Gasteiger partial charge in [0.05, 0.1) is 17.0 Å². The van der Waals surface area contributed by atoms with Gasteiger partial charge in [-0.1, -0.05) is 0 Å². The number of amides is 1. The smallest absolute Gasteiger partial charge is 0.248 e. The van der Waals surface area contributed by atoms with Gasteiger partial charge in [0.1, 0.15) is 0 Å². The maximum absolute atomic E-state index is 12.4. The van der Waals surface area contributed by atoms with Crippen LogP contribution in [0.1, 0.15) is 10.4 Å². The Morgan fingerprint density at radius 3 is 2.40 bits per heavy atom. The molecule has 1 aliphatic rings. The molecule has 0 bridgehead atoms. The van der Waals surface area contributed by atoms with E-state index in [1.165, 1.54) is 31.3 Å². The molecule has 20 heavy (non-hydrogen) atoms. The molecule has 0 saturated carbocycles. The van der Waals surface area contributed by atoms with Gasteiger partial charge in [-0.2, -0.15) is 4.31 Å². The first-order chi connectivity index (χ1) is 9.34. The van der Waals surface area contributed by atoms with Crippen molar-refractivity contribution in [3.05, 3.63) is 29.8 Å². The molecule has 0 unspecified atom stereocenters. The Labute approximate surface area is 117 Å². The number of carbonyl (C=O) groups excluding carboxylic acids is 1. The van der Waals surface area contributed by atoms with Crippen LogP contribution in [0.25, 0.3) is 0 Å². The zero-order valence-electron chi connectivity index (χ0n) is 11.0. The van der Waals surface area contributed by atoms with Gasteiger partial charge < -0.3 is 16.2 Å². The summed E-state index contributed by atoms with van der Waals surface area (Å²) in [6.45, 7) is 0.765. The van der Waals surface area contributed by atoms with Gasteiger partial charge in [0, 0.05) is 25.7 Å². The van der Waals surface area contributed by atoms with Crippen LogP contribution in [-0.2, 0) is 10.0 Å². The number of carbonyl (C=O) groups is 1. The van der Waals surface area contributed by atoms with E-state index in [-0.39, 0.29) is 10.5 Å². The quantitative estimate of drug-likeness (QED) is 0.642. The fourth-order valence-electron chi connectivity index (χ4n) is 2.16. The highest BCUT2D eigenvalue weighted by Gasteiger charge is 2.35. The number of benzene rings is 1. The molecule has 0 spiro atoms. The maximum Gasteiger partial charge on any atom is 0.248 e. The van der Waals surface area contributed by atoms with E-state index in [0.29, 0.717) is 13.1 Å². The first-order valence-electron chi connectivity index (χ1n) is 6.10. The summed E-state index contributed by atoms with van der Waals surface area (Å²) in [6, 6.07) is 4.90. The summed E-state index contributed by atoms with van der Waals surface area (Å²) in [5.41, 5.74) is 5.35. The van der Waals surface area contributed by atoms with Crippen LogP contribution in [0.3, 0.4) is 0 Å². The lowest BCUT2D eigenvalue weighted by molar-refractivity contribution is 0.1000. The normalized spacial score (nSPS) is 23.1. The number of likely N-dealkylation sites (N-methyl/N-ethyl adjacent to an activating group) is 1. The van der Waals surface area contributed by atoms with Crippen LogP contribution in [0, 0.1) is 0 Å². The van der Waals surface area contributed by atoms with Gasteiger partial charge in [0.25, 0.3) is 0 Å². The highest BCUT2D eigenvalue weighted by molar-refractivity contribution is 7.89. The molecule has 4 N–H and O–H groups in total. The SMILES string of the molecule is CN([C@H]1CNC[C@@H]1O)S(=O)(=O)c1ccc(C(N)=O)cc1. The summed E-state index contributed by atoms with van der Waals surface area (Å²) >= 11 is 0. The minimum Gasteiger partial charge on any atom is -0.390 e. The van der Waals surface area contributed by atoms with E-state index in [1.807, 2.05) is 0 Å². The van der Waals surface area contributed by atoms with Gasteiger partial charge >= 0.3 is 0 Å². The van der Waals surface area contributed by atoms with Crippen molar-refractivity contribution in [2.24, 2.45) is 5.73 Å². The van der Waals surface area contributed by atoms with Gasteiger partial charge in [-0.05, 0) is 24.3 Å². The minimum absolute atomic E-state index is 0.0594. The molecule has 1 fully saturated rings. The summed E-state index contributed by atoms with van der Waals surface area (Å²) in [5, 5.41) is 12.7. The van der Waals surface area contributed by atoms with E-state index in [1.54, 1.807) is 0 Å². The summed E-state index contributed by atoms with van der Waals surface area (Å²) in [7, 11) is -2.29. The first kappa shape index (κ1) is 14.9. The van der Waals surface area contributed by atoms with Crippen molar-refractivity contribution < 1.29 is 18.3 Å². The monoisotopic (exact) mass is 299 g/mol. The summed E-state index contributed by atoms with van der Waals surface area (Å²) in [6.07, 6.45) is -0.736. The number of hydrogen-bond acceptors (Lipinski definition) is 5. The predicted molar refractivity (Wildman–Crippen MR) is 72.6 cm³/mol. The molecule has 7 nitrogen and oxygen atoms in total. The molecule has 2 rings (SSSR count). The third kappa shape index (κ3) is 2.68. The van der Waals surface area contributed by atoms with Crippen molar-refractivity contribution in [2.75, 3.05) is 20.1 Å². The Balaban J connectivity index is 2.27. The van der Waals surface area contributed by atoms with Crippen LogP contribution >= 0.6 is 0 Å². The third-order valence-electron chi connectivity index (χ3n) is 3.43. The van der Waals surface area contributed by atoms with E-state index < -0.39 is 28.1 Å². The van der Waals surface area contributed by atoms with Gasteiger partial charge in [-0.25, -0.2) is 8.42 Å². The lowest BCUT2D eigenvalue weighted by Gasteiger charge is -2.25. The number of nitrogens with zero attached hydrogens (tertiary/aromatic N) is 1. The van der Waals surface area contributed by atoms with Gasteiger partial charge in [-0.3, -0.25) is 4.79 Å². The van der Waals surface area contributed by atoms with Crippen LogP contribution in [0.5, 0.6) is 0 Å². The second-order valence-electron chi connectivity index (χ2n) is 4.70. The molecule has 110 valence electrons. The molecule has 1 aromatic rings. The van der Waals surface area contributed by atoms with E-state index in [0.717, 1.165) is 4.31 Å². The Hall–Kier alpha value is -1.48. The van der Waals surface area contributed by atoms with Crippen molar-refractivity contribution >= 4 is 15.9 Å². The Bertz CT molecular complexity index is 600. The fourth-order valence-corrected chi connectivity index (χ4v) is 3.54.